The van der Waals surface area contributed by atoms with E-state index in [1.54, 1.807) is 11.8 Å². The number of carbonyl (C=O) groups excluding carboxylic acids is 1. The Hall–Kier alpha value is -0.300. The summed E-state index contributed by atoms with van der Waals surface area (Å²) < 4.78 is 4.99. The lowest BCUT2D eigenvalue weighted by molar-refractivity contribution is -0.155. The first-order chi connectivity index (χ1) is 7.44. The zero-order chi connectivity index (χ0) is 12.6. The van der Waals surface area contributed by atoms with Crippen LogP contribution >= 0.6 is 11.8 Å². The molecule has 6 heteroatoms. The van der Waals surface area contributed by atoms with Crippen molar-refractivity contribution in [3.8, 4) is 0 Å². The van der Waals surface area contributed by atoms with Crippen LogP contribution in [0.5, 0.6) is 0 Å². The van der Waals surface area contributed by atoms with Gasteiger partial charge in [-0.15, -0.1) is 0 Å². The zero-order valence-corrected chi connectivity index (χ0v) is 10.9. The molecule has 0 amide bonds. The molecule has 0 radical (unpaired) electrons. The number of unbranched alkanes of at least 4 members (excludes halogenated alkanes) is 1. The quantitative estimate of drug-likeness (QED) is 0.424. The molecular weight excluding hydrogens is 226 g/mol. The molecule has 0 aliphatic rings. The average molecular weight is 249 g/mol. The summed E-state index contributed by atoms with van der Waals surface area (Å²) in [6.45, 7) is 2.04. The van der Waals surface area contributed by atoms with Crippen molar-refractivity contribution >= 4 is 17.7 Å². The van der Waals surface area contributed by atoms with E-state index < -0.39 is 17.9 Å². The summed E-state index contributed by atoms with van der Waals surface area (Å²) in [4.78, 5) is 11.6. The second kappa shape index (κ2) is 7.89. The maximum atomic E-state index is 11.6. The second-order valence-corrected chi connectivity index (χ2v) is 4.85. The first-order valence-electron chi connectivity index (χ1n) is 5.47. The standard InChI is InChI=1S/C10H23N3O2S/c1-3-4-5-8(11)15-9(14)10(12,13)6-7-16-2/h8H,3-7,11-13H2,1-2H3. The van der Waals surface area contributed by atoms with Gasteiger partial charge in [0.25, 0.3) is 0 Å². The van der Waals surface area contributed by atoms with Gasteiger partial charge in [0.1, 0.15) is 0 Å². The molecule has 1 atom stereocenters. The van der Waals surface area contributed by atoms with Gasteiger partial charge < -0.3 is 16.2 Å². The largest absolute Gasteiger partial charge is 0.444 e. The molecule has 0 heterocycles. The number of ether oxygens (including phenoxy) is 1. The molecule has 0 aliphatic carbocycles. The SMILES string of the molecule is CCCCC(N)OC(=O)C(N)(N)CCSC. The molecule has 0 bridgehead atoms. The van der Waals surface area contributed by atoms with E-state index in [-0.39, 0.29) is 0 Å². The van der Waals surface area contributed by atoms with Gasteiger partial charge in [0.15, 0.2) is 11.9 Å². The van der Waals surface area contributed by atoms with Crippen LogP contribution in [0.25, 0.3) is 0 Å². The van der Waals surface area contributed by atoms with Gasteiger partial charge in [-0.3, -0.25) is 5.73 Å². The van der Waals surface area contributed by atoms with Gasteiger partial charge in [0.2, 0.25) is 0 Å². The van der Waals surface area contributed by atoms with Crippen molar-refractivity contribution in [2.24, 2.45) is 17.2 Å². The third-order valence-corrected chi connectivity index (χ3v) is 2.81. The minimum absolute atomic E-state index is 0.382. The van der Waals surface area contributed by atoms with Crippen molar-refractivity contribution in [2.75, 3.05) is 12.0 Å². The van der Waals surface area contributed by atoms with Gasteiger partial charge >= 0.3 is 5.97 Å². The molecule has 16 heavy (non-hydrogen) atoms. The predicted molar refractivity (Wildman–Crippen MR) is 67.7 cm³/mol. The Morgan fingerprint density at radius 1 is 1.50 bits per heavy atom. The van der Waals surface area contributed by atoms with E-state index in [9.17, 15) is 4.79 Å². The summed E-state index contributed by atoms with van der Waals surface area (Å²) in [7, 11) is 0. The lowest BCUT2D eigenvalue weighted by Crippen LogP contribution is -2.58. The molecule has 0 aromatic carbocycles. The predicted octanol–water partition coefficient (Wildman–Crippen LogP) is 0.371. The highest BCUT2D eigenvalue weighted by Gasteiger charge is 2.31. The topological polar surface area (TPSA) is 104 Å². The normalized spacial score (nSPS) is 13.6. The second-order valence-electron chi connectivity index (χ2n) is 3.87. The summed E-state index contributed by atoms with van der Waals surface area (Å²) in [5.41, 5.74) is 15.5. The molecule has 0 aliphatic heterocycles. The van der Waals surface area contributed by atoms with E-state index in [2.05, 4.69) is 0 Å². The minimum atomic E-state index is -1.42. The van der Waals surface area contributed by atoms with Gasteiger partial charge in [-0.1, -0.05) is 13.3 Å². The highest BCUT2D eigenvalue weighted by Crippen LogP contribution is 2.09. The van der Waals surface area contributed by atoms with Crippen LogP contribution < -0.4 is 17.2 Å². The number of thioether (sulfide) groups is 1. The summed E-state index contributed by atoms with van der Waals surface area (Å²) in [5, 5.41) is 0. The maximum Gasteiger partial charge on any atom is 0.342 e. The highest BCUT2D eigenvalue weighted by molar-refractivity contribution is 7.98. The third-order valence-electron chi connectivity index (χ3n) is 2.20. The van der Waals surface area contributed by atoms with Crippen LogP contribution in [0, 0.1) is 0 Å². The van der Waals surface area contributed by atoms with Crippen molar-refractivity contribution in [2.45, 2.75) is 44.5 Å². The van der Waals surface area contributed by atoms with Crippen molar-refractivity contribution in [3.63, 3.8) is 0 Å². The molecule has 5 nitrogen and oxygen atoms in total. The van der Waals surface area contributed by atoms with E-state index in [0.717, 1.165) is 12.8 Å². The lowest BCUT2D eigenvalue weighted by atomic mass is 10.1. The third kappa shape index (κ3) is 6.32. The Bertz CT molecular complexity index is 212. The molecule has 0 saturated heterocycles. The molecule has 1 unspecified atom stereocenters. The van der Waals surface area contributed by atoms with E-state index in [1.165, 1.54) is 0 Å². The minimum Gasteiger partial charge on any atom is -0.444 e. The van der Waals surface area contributed by atoms with Crippen molar-refractivity contribution in [1.29, 1.82) is 0 Å². The van der Waals surface area contributed by atoms with Gasteiger partial charge in [-0.2, -0.15) is 11.8 Å². The zero-order valence-electron chi connectivity index (χ0n) is 10.1. The Labute approximate surface area is 101 Å². The molecule has 0 aromatic heterocycles. The van der Waals surface area contributed by atoms with Crippen LogP contribution in [0.1, 0.15) is 32.6 Å². The summed E-state index contributed by atoms with van der Waals surface area (Å²) in [6.07, 6.45) is 4.27. The Morgan fingerprint density at radius 3 is 2.62 bits per heavy atom. The van der Waals surface area contributed by atoms with Crippen molar-refractivity contribution < 1.29 is 9.53 Å². The number of carbonyl (C=O) groups is 1. The monoisotopic (exact) mass is 249 g/mol. The number of nitrogens with two attached hydrogens (primary N) is 3. The lowest BCUT2D eigenvalue weighted by Gasteiger charge is -2.24. The number of esters is 1. The Morgan fingerprint density at radius 2 is 2.12 bits per heavy atom. The van der Waals surface area contributed by atoms with E-state index in [0.29, 0.717) is 18.6 Å². The first kappa shape index (κ1) is 15.7. The van der Waals surface area contributed by atoms with E-state index in [4.69, 9.17) is 21.9 Å². The van der Waals surface area contributed by atoms with Crippen LogP contribution in [-0.2, 0) is 9.53 Å². The number of hydrogen-bond acceptors (Lipinski definition) is 6. The van der Waals surface area contributed by atoms with Crippen LogP contribution in [0.4, 0.5) is 0 Å². The van der Waals surface area contributed by atoms with Crippen molar-refractivity contribution in [3.05, 3.63) is 0 Å². The highest BCUT2D eigenvalue weighted by atomic mass is 32.2. The van der Waals surface area contributed by atoms with Crippen LogP contribution in [-0.4, -0.2) is 29.9 Å². The van der Waals surface area contributed by atoms with Gasteiger partial charge in [0.05, 0.1) is 0 Å². The molecule has 96 valence electrons. The Kier molecular flexibility index (Phi) is 7.74. The molecule has 0 spiro atoms. The van der Waals surface area contributed by atoms with E-state index >= 15 is 0 Å². The summed E-state index contributed by atoms with van der Waals surface area (Å²) in [6, 6.07) is 0. The first-order valence-corrected chi connectivity index (χ1v) is 6.86. The Balaban J connectivity index is 4.02. The van der Waals surface area contributed by atoms with Gasteiger partial charge in [-0.25, -0.2) is 4.79 Å². The molecule has 0 saturated carbocycles. The molecule has 0 aromatic rings. The van der Waals surface area contributed by atoms with E-state index in [1.807, 2.05) is 13.2 Å². The van der Waals surface area contributed by atoms with Gasteiger partial charge in [0, 0.05) is 0 Å². The molecule has 6 N–H and O–H groups in total. The number of hydrogen-bond donors (Lipinski definition) is 3. The molecular formula is C10H23N3O2S. The fourth-order valence-electron chi connectivity index (χ4n) is 1.08. The van der Waals surface area contributed by atoms with Crippen LogP contribution in [0.3, 0.4) is 0 Å². The fraction of sp³-hybridized carbons (Fsp3) is 0.900. The average Bonchev–Trinajstić information content (AvgIpc) is 2.23. The van der Waals surface area contributed by atoms with Gasteiger partial charge in [-0.05, 0) is 31.3 Å². The summed E-state index contributed by atoms with van der Waals surface area (Å²) in [5.74, 6) is 0.0944. The fourth-order valence-corrected chi connectivity index (χ4v) is 1.63. The van der Waals surface area contributed by atoms with Crippen LogP contribution in [0.2, 0.25) is 0 Å². The number of rotatable bonds is 8. The van der Waals surface area contributed by atoms with Crippen molar-refractivity contribution in [1.82, 2.24) is 0 Å². The maximum absolute atomic E-state index is 11.6. The summed E-state index contributed by atoms with van der Waals surface area (Å²) >= 11 is 1.58. The molecule has 0 rings (SSSR count). The molecule has 0 fully saturated rings. The smallest absolute Gasteiger partial charge is 0.342 e. The van der Waals surface area contributed by atoms with Crippen LogP contribution in [0.15, 0.2) is 0 Å².